The van der Waals surface area contributed by atoms with Crippen molar-refractivity contribution in [3.63, 3.8) is 0 Å². The van der Waals surface area contributed by atoms with Crippen molar-refractivity contribution < 1.29 is 26.9 Å². The normalized spacial score (nSPS) is 9.87. The average molecular weight is 257 g/mol. The number of aryl methyl sites for hydroxylation is 1. The molecule has 0 unspecified atom stereocenters. The number of aliphatic hydroxyl groups is 1. The largest absolute Gasteiger partial charge is 1.00 e. The standard InChI is InChI=1S/C12H17O2.Cu/c1-10(2)14-12-7-5-11(6-8-12)4-3-9-13;/h5-10,13H,3-4H2,1-2H3;/q-1;+1. The second kappa shape index (κ2) is 7.75. The van der Waals surface area contributed by atoms with Gasteiger partial charge in [0.25, 0.3) is 0 Å². The molecule has 0 radical (unpaired) electrons. The van der Waals surface area contributed by atoms with E-state index in [1.54, 1.807) is 0 Å². The molecule has 0 saturated heterocycles. The zero-order valence-electron chi connectivity index (χ0n) is 9.04. The second-order valence-corrected chi connectivity index (χ2v) is 3.53. The van der Waals surface area contributed by atoms with Crippen molar-refractivity contribution in [1.82, 2.24) is 0 Å². The molecular formula is C12H17CuO2. The Balaban J connectivity index is 0.00000196. The third-order valence-electron chi connectivity index (χ3n) is 1.86. The van der Waals surface area contributed by atoms with E-state index in [-0.39, 0.29) is 23.2 Å². The fourth-order valence-electron chi connectivity index (χ4n) is 1.24. The van der Waals surface area contributed by atoms with Crippen molar-refractivity contribution in [3.8, 4) is 5.75 Å². The Kier molecular flexibility index (Phi) is 7.49. The topological polar surface area (TPSA) is 29.5 Å². The summed E-state index contributed by atoms with van der Waals surface area (Å²) in [6.07, 6.45) is 1.79. The molecule has 1 N–H and O–H groups in total. The first kappa shape index (κ1) is 14.5. The van der Waals surface area contributed by atoms with Gasteiger partial charge in [-0.2, -0.15) is 6.42 Å². The molecule has 0 amide bonds. The van der Waals surface area contributed by atoms with Crippen LogP contribution in [0.3, 0.4) is 0 Å². The Labute approximate surface area is 102 Å². The number of hydrogen-bond acceptors (Lipinski definition) is 2. The van der Waals surface area contributed by atoms with Crippen LogP contribution in [0.2, 0.25) is 0 Å². The summed E-state index contributed by atoms with van der Waals surface area (Å²) >= 11 is 0. The van der Waals surface area contributed by atoms with Gasteiger partial charge in [-0.25, -0.2) is 6.61 Å². The van der Waals surface area contributed by atoms with Crippen molar-refractivity contribution in [2.45, 2.75) is 32.8 Å². The van der Waals surface area contributed by atoms with Crippen LogP contribution < -0.4 is 4.74 Å². The number of hydrogen-bond donors (Lipinski definition) is 1. The molecule has 0 aliphatic rings. The molecule has 2 nitrogen and oxygen atoms in total. The summed E-state index contributed by atoms with van der Waals surface area (Å²) in [5.41, 5.74) is 1.21. The average Bonchev–Trinajstić information content (AvgIpc) is 2.16. The molecule has 0 bridgehead atoms. The van der Waals surface area contributed by atoms with Crippen LogP contribution in [0.4, 0.5) is 0 Å². The summed E-state index contributed by atoms with van der Waals surface area (Å²) < 4.78 is 5.52. The summed E-state index contributed by atoms with van der Waals surface area (Å²) in [4.78, 5) is 0. The third-order valence-corrected chi connectivity index (χ3v) is 1.86. The fraction of sp³-hybridized carbons (Fsp3) is 0.417. The van der Waals surface area contributed by atoms with Crippen molar-refractivity contribution in [2.75, 3.05) is 0 Å². The first-order valence-electron chi connectivity index (χ1n) is 4.94. The molecule has 1 aromatic carbocycles. The summed E-state index contributed by atoms with van der Waals surface area (Å²) in [7, 11) is 0. The minimum absolute atomic E-state index is 0. The van der Waals surface area contributed by atoms with E-state index in [4.69, 9.17) is 9.84 Å². The van der Waals surface area contributed by atoms with E-state index in [1.807, 2.05) is 38.1 Å². The maximum absolute atomic E-state index is 8.55. The van der Waals surface area contributed by atoms with Crippen molar-refractivity contribution in [3.05, 3.63) is 36.4 Å². The summed E-state index contributed by atoms with van der Waals surface area (Å²) in [5, 5.41) is 8.55. The predicted octanol–water partition coefficient (Wildman–Crippen LogP) is 2.94. The van der Waals surface area contributed by atoms with Gasteiger partial charge in [-0.05, 0) is 26.0 Å². The van der Waals surface area contributed by atoms with Crippen LogP contribution in [-0.4, -0.2) is 11.2 Å². The van der Waals surface area contributed by atoms with Gasteiger partial charge in [-0.1, -0.05) is 24.1 Å². The van der Waals surface area contributed by atoms with Gasteiger partial charge in [0, 0.05) is 0 Å². The zero-order valence-corrected chi connectivity index (χ0v) is 9.98. The van der Waals surface area contributed by atoms with Gasteiger partial charge in [-0.3, -0.25) is 0 Å². The second-order valence-electron chi connectivity index (χ2n) is 3.53. The first-order chi connectivity index (χ1) is 6.72. The van der Waals surface area contributed by atoms with E-state index < -0.39 is 0 Å². The number of aliphatic hydroxyl groups excluding tert-OH is 1. The van der Waals surface area contributed by atoms with E-state index >= 15 is 0 Å². The molecule has 0 aromatic heterocycles. The van der Waals surface area contributed by atoms with Crippen molar-refractivity contribution in [1.29, 1.82) is 0 Å². The van der Waals surface area contributed by atoms with Gasteiger partial charge in [0.15, 0.2) is 0 Å². The Bertz CT molecular complexity index is 257. The van der Waals surface area contributed by atoms with Crippen molar-refractivity contribution >= 4 is 0 Å². The van der Waals surface area contributed by atoms with Gasteiger partial charge in [-0.15, -0.1) is 0 Å². The molecule has 0 heterocycles. The molecule has 3 heteroatoms. The molecule has 0 aliphatic carbocycles. The van der Waals surface area contributed by atoms with Crippen molar-refractivity contribution in [2.24, 2.45) is 0 Å². The monoisotopic (exact) mass is 256 g/mol. The maximum atomic E-state index is 8.55. The fourth-order valence-corrected chi connectivity index (χ4v) is 1.24. The number of benzene rings is 1. The zero-order chi connectivity index (χ0) is 10.4. The van der Waals surface area contributed by atoms with Gasteiger partial charge >= 0.3 is 17.1 Å². The van der Waals surface area contributed by atoms with E-state index in [0.717, 1.165) is 12.2 Å². The Morgan fingerprint density at radius 2 is 1.87 bits per heavy atom. The summed E-state index contributed by atoms with van der Waals surface area (Å²) in [6, 6.07) is 7.99. The van der Waals surface area contributed by atoms with Gasteiger partial charge < -0.3 is 9.84 Å². The molecule has 88 valence electrons. The molecule has 15 heavy (non-hydrogen) atoms. The maximum Gasteiger partial charge on any atom is 1.00 e. The Hall–Kier alpha value is -0.501. The van der Waals surface area contributed by atoms with Crippen LogP contribution in [0, 0.1) is 6.61 Å². The summed E-state index contributed by atoms with van der Waals surface area (Å²) in [5.74, 6) is 0.900. The molecule has 0 aliphatic heterocycles. The number of ether oxygens (including phenoxy) is 1. The number of rotatable bonds is 5. The van der Waals surface area contributed by atoms with Gasteiger partial charge in [0.05, 0.1) is 6.10 Å². The SMILES string of the molecule is CC(C)Oc1ccc(CC[CH-]O)cc1.[Cu+]. The minimum atomic E-state index is 0. The van der Waals surface area contributed by atoms with Gasteiger partial charge in [0.1, 0.15) is 5.75 Å². The van der Waals surface area contributed by atoms with E-state index in [2.05, 4.69) is 0 Å². The van der Waals surface area contributed by atoms with Crippen LogP contribution >= 0.6 is 0 Å². The van der Waals surface area contributed by atoms with E-state index in [1.165, 1.54) is 12.2 Å². The van der Waals surface area contributed by atoms with Crippen LogP contribution in [-0.2, 0) is 23.5 Å². The van der Waals surface area contributed by atoms with Crippen LogP contribution in [0.5, 0.6) is 5.75 Å². The van der Waals surface area contributed by atoms with Crippen LogP contribution in [0.1, 0.15) is 25.8 Å². The van der Waals surface area contributed by atoms with Crippen LogP contribution in [0.25, 0.3) is 0 Å². The minimum Gasteiger partial charge on any atom is -0.566 e. The molecule has 0 saturated carbocycles. The molecule has 0 fully saturated rings. The first-order valence-corrected chi connectivity index (χ1v) is 4.94. The molecular weight excluding hydrogens is 240 g/mol. The Morgan fingerprint density at radius 3 is 2.33 bits per heavy atom. The summed E-state index contributed by atoms with van der Waals surface area (Å²) in [6.45, 7) is 5.21. The third kappa shape index (κ3) is 5.83. The molecule has 0 atom stereocenters. The van der Waals surface area contributed by atoms with Gasteiger partial charge in [0.2, 0.25) is 0 Å². The quantitative estimate of drug-likeness (QED) is 0.648. The van der Waals surface area contributed by atoms with E-state index in [9.17, 15) is 0 Å². The molecule has 0 spiro atoms. The molecule has 1 rings (SSSR count). The Morgan fingerprint density at radius 1 is 1.27 bits per heavy atom. The molecule has 1 aromatic rings. The van der Waals surface area contributed by atoms with E-state index in [0.29, 0.717) is 6.42 Å². The smallest absolute Gasteiger partial charge is 0.566 e. The van der Waals surface area contributed by atoms with Crippen LogP contribution in [0.15, 0.2) is 24.3 Å². The predicted molar refractivity (Wildman–Crippen MR) is 56.8 cm³/mol.